The third-order valence-corrected chi connectivity index (χ3v) is 3.85. The zero-order valence-electron chi connectivity index (χ0n) is 14.6. The molecule has 3 nitrogen and oxygen atoms in total. The zero-order valence-corrected chi connectivity index (χ0v) is 15.3. The first kappa shape index (κ1) is 20.1. The van der Waals surface area contributed by atoms with Crippen molar-refractivity contribution in [3.05, 3.63) is 58.6 Å². The summed E-state index contributed by atoms with van der Waals surface area (Å²) in [5.74, 6) is -0.177. The number of nitrogens with one attached hydrogen (secondary N) is 1. The molecule has 26 heavy (non-hydrogen) atoms. The molecule has 0 aliphatic rings. The van der Waals surface area contributed by atoms with Gasteiger partial charge >= 0.3 is 6.18 Å². The second-order valence-electron chi connectivity index (χ2n) is 6.77. The Bertz CT molecular complexity index is 798. The van der Waals surface area contributed by atoms with Crippen molar-refractivity contribution in [3.63, 3.8) is 0 Å². The fourth-order valence-electron chi connectivity index (χ4n) is 2.40. The van der Waals surface area contributed by atoms with Crippen molar-refractivity contribution in [1.82, 2.24) is 0 Å². The minimum absolute atomic E-state index is 0.0642. The Morgan fingerprint density at radius 3 is 2.35 bits per heavy atom. The standard InChI is InChI=1S/C19H19ClF3NO2/c1-18(2,3)13-6-4-5-7-16(13)26-11-17(25)24-15-9-8-12(20)10-14(15)19(21,22)23/h4-10H,11H2,1-3H3,(H,24,25). The lowest BCUT2D eigenvalue weighted by atomic mass is 9.86. The summed E-state index contributed by atoms with van der Waals surface area (Å²) in [6.45, 7) is 5.59. The van der Waals surface area contributed by atoms with Crippen molar-refractivity contribution in [1.29, 1.82) is 0 Å². The first-order valence-corrected chi connectivity index (χ1v) is 8.25. The highest BCUT2D eigenvalue weighted by molar-refractivity contribution is 6.30. The van der Waals surface area contributed by atoms with Crippen LogP contribution in [0.15, 0.2) is 42.5 Å². The van der Waals surface area contributed by atoms with Crippen LogP contribution in [0.2, 0.25) is 5.02 Å². The number of ether oxygens (including phenoxy) is 1. The van der Waals surface area contributed by atoms with E-state index < -0.39 is 24.3 Å². The van der Waals surface area contributed by atoms with E-state index in [2.05, 4.69) is 5.32 Å². The Morgan fingerprint density at radius 2 is 1.73 bits per heavy atom. The minimum atomic E-state index is -4.63. The highest BCUT2D eigenvalue weighted by atomic mass is 35.5. The molecule has 0 heterocycles. The Hall–Kier alpha value is -2.21. The largest absolute Gasteiger partial charge is 0.483 e. The number of amides is 1. The molecule has 0 aliphatic heterocycles. The lowest BCUT2D eigenvalue weighted by molar-refractivity contribution is -0.137. The molecule has 2 aromatic carbocycles. The summed E-state index contributed by atoms with van der Waals surface area (Å²) in [6, 6.07) is 10.4. The minimum Gasteiger partial charge on any atom is -0.483 e. The predicted molar refractivity (Wildman–Crippen MR) is 95.7 cm³/mol. The molecule has 0 aromatic heterocycles. The average Bonchev–Trinajstić information content (AvgIpc) is 2.53. The summed E-state index contributed by atoms with van der Waals surface area (Å²) in [7, 11) is 0. The maximum atomic E-state index is 13.1. The van der Waals surface area contributed by atoms with Gasteiger partial charge in [0.15, 0.2) is 6.61 Å². The molecule has 0 saturated carbocycles. The van der Waals surface area contributed by atoms with Crippen LogP contribution < -0.4 is 10.1 Å². The van der Waals surface area contributed by atoms with E-state index in [9.17, 15) is 18.0 Å². The number of hydrogen-bond donors (Lipinski definition) is 1. The molecule has 7 heteroatoms. The van der Waals surface area contributed by atoms with Gasteiger partial charge in [0, 0.05) is 5.02 Å². The number of halogens is 4. The van der Waals surface area contributed by atoms with Crippen LogP contribution in [0.3, 0.4) is 0 Å². The first-order valence-electron chi connectivity index (χ1n) is 7.87. The number of carbonyl (C=O) groups excluding carboxylic acids is 1. The van der Waals surface area contributed by atoms with Crippen LogP contribution in [0.5, 0.6) is 5.75 Å². The van der Waals surface area contributed by atoms with Gasteiger partial charge in [0.25, 0.3) is 5.91 Å². The molecule has 0 bridgehead atoms. The van der Waals surface area contributed by atoms with Gasteiger partial charge in [-0.15, -0.1) is 0 Å². The topological polar surface area (TPSA) is 38.3 Å². The van der Waals surface area contributed by atoms with E-state index in [1.165, 1.54) is 6.07 Å². The fourth-order valence-corrected chi connectivity index (χ4v) is 2.57. The SMILES string of the molecule is CC(C)(C)c1ccccc1OCC(=O)Nc1ccc(Cl)cc1C(F)(F)F. The molecule has 0 fully saturated rings. The lowest BCUT2D eigenvalue weighted by Gasteiger charge is -2.22. The van der Waals surface area contributed by atoms with Gasteiger partial charge in [-0.3, -0.25) is 4.79 Å². The quantitative estimate of drug-likeness (QED) is 0.736. The maximum absolute atomic E-state index is 13.1. The molecular formula is C19H19ClF3NO2. The van der Waals surface area contributed by atoms with E-state index in [4.69, 9.17) is 16.3 Å². The van der Waals surface area contributed by atoms with Crippen LogP contribution in [-0.2, 0) is 16.4 Å². The van der Waals surface area contributed by atoms with Crippen LogP contribution >= 0.6 is 11.6 Å². The van der Waals surface area contributed by atoms with Crippen molar-refractivity contribution in [3.8, 4) is 5.75 Å². The molecular weight excluding hydrogens is 367 g/mol. The first-order chi connectivity index (χ1) is 12.0. The van der Waals surface area contributed by atoms with Crippen molar-refractivity contribution >= 4 is 23.2 Å². The third-order valence-electron chi connectivity index (χ3n) is 3.61. The maximum Gasteiger partial charge on any atom is 0.418 e. The van der Waals surface area contributed by atoms with E-state index in [1.807, 2.05) is 32.9 Å². The molecule has 140 valence electrons. The van der Waals surface area contributed by atoms with Gasteiger partial charge in [-0.1, -0.05) is 50.6 Å². The third kappa shape index (κ3) is 5.14. The second-order valence-corrected chi connectivity index (χ2v) is 7.21. The van der Waals surface area contributed by atoms with Crippen molar-refractivity contribution < 1.29 is 22.7 Å². The number of benzene rings is 2. The highest BCUT2D eigenvalue weighted by Crippen LogP contribution is 2.36. The molecule has 1 amide bonds. The van der Waals surface area contributed by atoms with Crippen LogP contribution in [-0.4, -0.2) is 12.5 Å². The van der Waals surface area contributed by atoms with Crippen LogP contribution in [0.4, 0.5) is 18.9 Å². The molecule has 1 N–H and O–H groups in total. The van der Waals surface area contributed by atoms with Gasteiger partial charge in [0.05, 0.1) is 11.3 Å². The predicted octanol–water partition coefficient (Wildman–Crippen LogP) is 5.67. The fraction of sp³-hybridized carbons (Fsp3) is 0.316. The Labute approximate surface area is 155 Å². The summed E-state index contributed by atoms with van der Waals surface area (Å²) in [4.78, 5) is 12.1. The molecule has 2 aromatic rings. The van der Waals surface area contributed by atoms with Crippen molar-refractivity contribution in [2.75, 3.05) is 11.9 Å². The van der Waals surface area contributed by atoms with E-state index in [1.54, 1.807) is 12.1 Å². The molecule has 2 rings (SSSR count). The summed E-state index contributed by atoms with van der Waals surface area (Å²) in [5.41, 5.74) is -0.671. The van der Waals surface area contributed by atoms with Gasteiger partial charge < -0.3 is 10.1 Å². The molecule has 0 radical (unpaired) electrons. The van der Waals surface area contributed by atoms with Gasteiger partial charge in [-0.05, 0) is 35.2 Å². The van der Waals surface area contributed by atoms with E-state index >= 15 is 0 Å². The van der Waals surface area contributed by atoms with Crippen LogP contribution in [0.1, 0.15) is 31.9 Å². The van der Waals surface area contributed by atoms with Crippen LogP contribution in [0, 0.1) is 0 Å². The number of hydrogen-bond acceptors (Lipinski definition) is 2. The Kier molecular flexibility index (Phi) is 5.86. The molecule has 0 saturated heterocycles. The summed E-state index contributed by atoms with van der Waals surface area (Å²) in [6.07, 6.45) is -4.63. The van der Waals surface area contributed by atoms with Crippen LogP contribution in [0.25, 0.3) is 0 Å². The summed E-state index contributed by atoms with van der Waals surface area (Å²) in [5, 5.41) is 2.17. The van der Waals surface area contributed by atoms with Gasteiger partial charge in [0.1, 0.15) is 5.75 Å². The highest BCUT2D eigenvalue weighted by Gasteiger charge is 2.34. The second kappa shape index (κ2) is 7.58. The normalized spacial score (nSPS) is 12.0. The number of para-hydroxylation sites is 1. The van der Waals surface area contributed by atoms with E-state index in [0.29, 0.717) is 5.75 Å². The number of rotatable bonds is 4. The average molecular weight is 386 g/mol. The lowest BCUT2D eigenvalue weighted by Crippen LogP contribution is -2.23. The smallest absolute Gasteiger partial charge is 0.418 e. The number of anilines is 1. The van der Waals surface area contributed by atoms with Gasteiger partial charge in [0.2, 0.25) is 0 Å². The molecule has 0 atom stereocenters. The van der Waals surface area contributed by atoms with E-state index in [0.717, 1.165) is 17.7 Å². The van der Waals surface area contributed by atoms with Gasteiger partial charge in [-0.25, -0.2) is 0 Å². The summed E-state index contributed by atoms with van der Waals surface area (Å²) >= 11 is 5.62. The zero-order chi connectivity index (χ0) is 19.5. The molecule has 0 aliphatic carbocycles. The van der Waals surface area contributed by atoms with E-state index in [-0.39, 0.29) is 16.1 Å². The number of alkyl halides is 3. The monoisotopic (exact) mass is 385 g/mol. The van der Waals surface area contributed by atoms with Crippen molar-refractivity contribution in [2.24, 2.45) is 0 Å². The summed E-state index contributed by atoms with van der Waals surface area (Å²) < 4.78 is 44.7. The number of carbonyl (C=O) groups is 1. The Morgan fingerprint density at radius 1 is 1.08 bits per heavy atom. The molecule has 0 unspecified atom stereocenters. The Balaban J connectivity index is 2.12. The van der Waals surface area contributed by atoms with Gasteiger partial charge in [-0.2, -0.15) is 13.2 Å². The molecule has 0 spiro atoms. The van der Waals surface area contributed by atoms with Crippen molar-refractivity contribution in [2.45, 2.75) is 32.4 Å².